The molecule has 38 heavy (non-hydrogen) atoms. The average Bonchev–Trinajstić information content (AvgIpc) is 3.64. The fourth-order valence-corrected chi connectivity index (χ4v) is 6.59. The summed E-state index contributed by atoms with van der Waals surface area (Å²) in [4.78, 5) is 6.99. The number of rotatable bonds is 6. The van der Waals surface area contributed by atoms with Crippen LogP contribution < -0.4 is 15.0 Å². The first-order chi connectivity index (χ1) is 18.5. The fraction of sp³-hybridized carbons (Fsp3) is 0.312. The fourth-order valence-electron chi connectivity index (χ4n) is 6.25. The standard InChI is InChI=1S/C32H34N4OS/c1-21-10-4-7-14-29(21)37-26-17-15-25(16-18-26)36-31(30(34-32(36)38)28-13-8-9-19-33-28)27-20-22(2)35(23(27)3)24-11-5-6-12-24/h4,7-10,13-20,24,30-31H,5-6,11-12H2,1-3H3,(H,34,38)/t30-,31-/m1/s1. The summed E-state index contributed by atoms with van der Waals surface area (Å²) >= 11 is 5.97. The van der Waals surface area contributed by atoms with E-state index in [9.17, 15) is 0 Å². The lowest BCUT2D eigenvalue weighted by Crippen LogP contribution is -2.29. The lowest BCUT2D eigenvalue weighted by molar-refractivity contribution is 0.479. The summed E-state index contributed by atoms with van der Waals surface area (Å²) in [6, 6.07) is 25.3. The van der Waals surface area contributed by atoms with Crippen LogP contribution in [0.25, 0.3) is 0 Å². The number of nitrogens with one attached hydrogen (secondary N) is 1. The van der Waals surface area contributed by atoms with E-state index in [2.05, 4.69) is 65.9 Å². The Labute approximate surface area is 230 Å². The van der Waals surface area contributed by atoms with Crippen LogP contribution in [0.15, 0.2) is 79.0 Å². The van der Waals surface area contributed by atoms with E-state index in [0.717, 1.165) is 28.4 Å². The minimum absolute atomic E-state index is 0.0121. The van der Waals surface area contributed by atoms with Gasteiger partial charge in [-0.05, 0) is 105 Å². The first-order valence-electron chi connectivity index (χ1n) is 13.5. The zero-order chi connectivity index (χ0) is 26.2. The van der Waals surface area contributed by atoms with Crippen molar-refractivity contribution < 1.29 is 4.74 Å². The second-order valence-corrected chi connectivity index (χ2v) is 10.9. The maximum Gasteiger partial charge on any atom is 0.174 e. The van der Waals surface area contributed by atoms with Crippen molar-refractivity contribution in [2.75, 3.05) is 4.90 Å². The largest absolute Gasteiger partial charge is 0.457 e. The molecule has 1 aliphatic carbocycles. The molecule has 0 bridgehead atoms. The Bertz CT molecular complexity index is 1440. The number of aryl methyl sites for hydroxylation is 2. The Kier molecular flexibility index (Phi) is 6.66. The number of anilines is 1. The molecule has 0 radical (unpaired) electrons. The van der Waals surface area contributed by atoms with Gasteiger partial charge in [0.25, 0.3) is 0 Å². The Hall–Kier alpha value is -3.64. The van der Waals surface area contributed by atoms with E-state index >= 15 is 0 Å². The summed E-state index contributed by atoms with van der Waals surface area (Å²) in [7, 11) is 0. The van der Waals surface area contributed by atoms with Crippen LogP contribution in [-0.4, -0.2) is 14.7 Å². The second-order valence-electron chi connectivity index (χ2n) is 10.5. The topological polar surface area (TPSA) is 42.3 Å². The molecule has 2 aliphatic rings. The molecule has 4 aromatic rings. The van der Waals surface area contributed by atoms with E-state index in [1.807, 2.05) is 48.7 Å². The van der Waals surface area contributed by atoms with Crippen molar-refractivity contribution in [2.45, 2.75) is 64.6 Å². The first-order valence-corrected chi connectivity index (χ1v) is 13.9. The van der Waals surface area contributed by atoms with E-state index in [-0.39, 0.29) is 12.1 Å². The first kappa shape index (κ1) is 24.7. The van der Waals surface area contributed by atoms with Crippen LogP contribution >= 0.6 is 12.2 Å². The molecule has 6 rings (SSSR count). The Morgan fingerprint density at radius 3 is 2.37 bits per heavy atom. The predicted octanol–water partition coefficient (Wildman–Crippen LogP) is 7.89. The average molecular weight is 523 g/mol. The van der Waals surface area contributed by atoms with Gasteiger partial charge < -0.3 is 19.5 Å². The Morgan fingerprint density at radius 1 is 0.921 bits per heavy atom. The van der Waals surface area contributed by atoms with Crippen LogP contribution in [0.5, 0.6) is 11.5 Å². The van der Waals surface area contributed by atoms with Crippen molar-refractivity contribution in [3.63, 3.8) is 0 Å². The van der Waals surface area contributed by atoms with Gasteiger partial charge in [-0.15, -0.1) is 0 Å². The number of aromatic nitrogens is 2. The molecule has 2 aromatic carbocycles. The summed E-state index contributed by atoms with van der Waals surface area (Å²) in [5.41, 5.74) is 7.09. The molecule has 2 aromatic heterocycles. The molecule has 1 saturated heterocycles. The van der Waals surface area contributed by atoms with Crippen LogP contribution in [0, 0.1) is 20.8 Å². The van der Waals surface area contributed by atoms with E-state index in [0.29, 0.717) is 11.2 Å². The van der Waals surface area contributed by atoms with Gasteiger partial charge in [0.15, 0.2) is 5.11 Å². The van der Waals surface area contributed by atoms with Gasteiger partial charge in [0, 0.05) is 29.3 Å². The lowest BCUT2D eigenvalue weighted by Gasteiger charge is -2.28. The van der Waals surface area contributed by atoms with E-state index in [1.165, 1.54) is 42.6 Å². The van der Waals surface area contributed by atoms with E-state index in [1.54, 1.807) is 0 Å². The molecular formula is C32H34N4OS. The third kappa shape index (κ3) is 4.47. The van der Waals surface area contributed by atoms with E-state index in [4.69, 9.17) is 21.9 Å². The second kappa shape index (κ2) is 10.3. The number of pyridine rings is 1. The highest BCUT2D eigenvalue weighted by Crippen LogP contribution is 2.45. The molecule has 2 atom stereocenters. The third-order valence-electron chi connectivity index (χ3n) is 8.07. The molecule has 6 heteroatoms. The highest BCUT2D eigenvalue weighted by molar-refractivity contribution is 7.80. The van der Waals surface area contributed by atoms with Crippen LogP contribution in [0.1, 0.15) is 72.0 Å². The molecule has 3 heterocycles. The Morgan fingerprint density at radius 2 is 1.66 bits per heavy atom. The summed E-state index contributed by atoms with van der Waals surface area (Å²) < 4.78 is 8.74. The molecule has 2 fully saturated rings. The van der Waals surface area contributed by atoms with Gasteiger partial charge >= 0.3 is 0 Å². The van der Waals surface area contributed by atoms with Crippen LogP contribution in [-0.2, 0) is 0 Å². The number of ether oxygens (including phenoxy) is 1. The number of hydrogen-bond acceptors (Lipinski definition) is 3. The molecule has 5 nitrogen and oxygen atoms in total. The SMILES string of the molecule is Cc1ccccc1Oc1ccc(N2C(=S)N[C@H](c3ccccn3)[C@H]2c2cc(C)n(C3CCCC3)c2C)cc1. The number of hydrogen-bond donors (Lipinski definition) is 1. The van der Waals surface area contributed by atoms with Crippen LogP contribution in [0.3, 0.4) is 0 Å². The lowest BCUT2D eigenvalue weighted by atomic mass is 9.96. The maximum atomic E-state index is 6.17. The number of nitrogens with zero attached hydrogens (tertiary/aromatic N) is 3. The minimum atomic E-state index is -0.0517. The van der Waals surface area contributed by atoms with Gasteiger partial charge in [0.1, 0.15) is 11.5 Å². The van der Waals surface area contributed by atoms with Gasteiger partial charge in [0.2, 0.25) is 0 Å². The highest BCUT2D eigenvalue weighted by atomic mass is 32.1. The van der Waals surface area contributed by atoms with Crippen molar-refractivity contribution in [1.82, 2.24) is 14.9 Å². The molecule has 0 amide bonds. The summed E-state index contributed by atoms with van der Waals surface area (Å²) in [5, 5.41) is 4.32. The molecule has 0 spiro atoms. The van der Waals surface area contributed by atoms with Gasteiger partial charge in [-0.2, -0.15) is 0 Å². The van der Waals surface area contributed by atoms with Gasteiger partial charge in [-0.25, -0.2) is 0 Å². The molecule has 1 N–H and O–H groups in total. The molecule has 1 saturated carbocycles. The molecule has 0 unspecified atom stereocenters. The summed E-state index contributed by atoms with van der Waals surface area (Å²) in [5.74, 6) is 1.67. The number of benzene rings is 2. The minimum Gasteiger partial charge on any atom is -0.457 e. The van der Waals surface area contributed by atoms with Crippen molar-refractivity contribution in [3.8, 4) is 11.5 Å². The Balaban J connectivity index is 1.39. The zero-order valence-electron chi connectivity index (χ0n) is 22.2. The van der Waals surface area contributed by atoms with Gasteiger partial charge in [0.05, 0.1) is 17.8 Å². The van der Waals surface area contributed by atoms with Crippen molar-refractivity contribution >= 4 is 23.0 Å². The summed E-state index contributed by atoms with van der Waals surface area (Å²) in [6.45, 7) is 6.57. The summed E-state index contributed by atoms with van der Waals surface area (Å²) in [6.07, 6.45) is 7.00. The van der Waals surface area contributed by atoms with Crippen molar-refractivity contribution in [2.24, 2.45) is 0 Å². The van der Waals surface area contributed by atoms with Gasteiger partial charge in [-0.3, -0.25) is 4.98 Å². The highest BCUT2D eigenvalue weighted by Gasteiger charge is 2.42. The molecule has 1 aliphatic heterocycles. The smallest absolute Gasteiger partial charge is 0.174 e. The third-order valence-corrected chi connectivity index (χ3v) is 8.38. The van der Waals surface area contributed by atoms with Crippen molar-refractivity contribution in [3.05, 3.63) is 107 Å². The van der Waals surface area contributed by atoms with Crippen molar-refractivity contribution in [1.29, 1.82) is 0 Å². The number of para-hydroxylation sites is 1. The van der Waals surface area contributed by atoms with Gasteiger partial charge in [-0.1, -0.05) is 37.1 Å². The molecular weight excluding hydrogens is 488 g/mol. The van der Waals surface area contributed by atoms with Crippen LogP contribution in [0.4, 0.5) is 5.69 Å². The maximum absolute atomic E-state index is 6.17. The van der Waals surface area contributed by atoms with Crippen LogP contribution in [0.2, 0.25) is 0 Å². The normalized spacial score (nSPS) is 19.7. The predicted molar refractivity (Wildman–Crippen MR) is 157 cm³/mol. The zero-order valence-corrected chi connectivity index (χ0v) is 23.0. The monoisotopic (exact) mass is 522 g/mol. The van der Waals surface area contributed by atoms with E-state index < -0.39 is 0 Å². The number of thiocarbonyl (C=S) groups is 1. The molecule has 194 valence electrons. The quantitative estimate of drug-likeness (QED) is 0.261.